The number of hydrogen-bond donors (Lipinski definition) is 1. The van der Waals surface area contributed by atoms with Crippen LogP contribution in [0.15, 0.2) is 59.7 Å². The summed E-state index contributed by atoms with van der Waals surface area (Å²) < 4.78 is 8.47. The minimum absolute atomic E-state index is 0.139. The highest BCUT2D eigenvalue weighted by Gasteiger charge is 2.28. The van der Waals surface area contributed by atoms with Crippen molar-refractivity contribution in [2.24, 2.45) is 5.41 Å². The van der Waals surface area contributed by atoms with Crippen LogP contribution in [0.25, 0.3) is 0 Å². The molecule has 168 valence electrons. The van der Waals surface area contributed by atoms with Gasteiger partial charge in [0.2, 0.25) is 0 Å². The number of hydrogen-bond acceptors (Lipinski definition) is 4. The van der Waals surface area contributed by atoms with E-state index in [0.717, 1.165) is 14.8 Å². The molecule has 0 aliphatic carbocycles. The molecular formula is C24H24ClIN2O4. The zero-order chi connectivity index (χ0) is 23.5. The largest absolute Gasteiger partial charge is 0.486 e. The molecule has 3 rings (SSSR count). The van der Waals surface area contributed by atoms with Crippen LogP contribution in [0.2, 0.25) is 5.15 Å². The van der Waals surface area contributed by atoms with Crippen LogP contribution in [-0.4, -0.2) is 20.6 Å². The standard InChI is InChI=1S/C24H24ClIN2O4/c1-24(2,3)20(28-10-9-18(29)17(13-28)23(30)31)12-16-11-19(21(25)27-22(16)26)32-14-15-7-5-4-6-8-15/h4-11,13,20H,12,14H2,1-3H3,(H,30,31)/t20-/m0/s1. The Morgan fingerprint density at radius 1 is 1.25 bits per heavy atom. The number of halogens is 2. The van der Waals surface area contributed by atoms with Crippen molar-refractivity contribution in [3.63, 3.8) is 0 Å². The molecule has 1 N–H and O–H groups in total. The van der Waals surface area contributed by atoms with E-state index in [4.69, 9.17) is 16.3 Å². The lowest BCUT2D eigenvalue weighted by Crippen LogP contribution is -2.29. The number of aromatic carboxylic acids is 1. The predicted molar refractivity (Wildman–Crippen MR) is 133 cm³/mol. The second-order valence-electron chi connectivity index (χ2n) is 8.56. The van der Waals surface area contributed by atoms with Crippen molar-refractivity contribution < 1.29 is 14.6 Å². The van der Waals surface area contributed by atoms with Crippen LogP contribution in [0, 0.1) is 9.12 Å². The first-order chi connectivity index (χ1) is 15.1. The van der Waals surface area contributed by atoms with Gasteiger partial charge in [-0.3, -0.25) is 4.79 Å². The summed E-state index contributed by atoms with van der Waals surface area (Å²) in [7, 11) is 0. The Balaban J connectivity index is 1.94. The number of nitrogens with zero attached hydrogens (tertiary/aromatic N) is 2. The summed E-state index contributed by atoms with van der Waals surface area (Å²) in [5.41, 5.74) is 0.941. The molecule has 0 radical (unpaired) electrons. The summed E-state index contributed by atoms with van der Waals surface area (Å²) in [6.45, 7) is 6.57. The molecule has 0 amide bonds. The quantitative estimate of drug-likeness (QED) is 0.297. The molecule has 0 aliphatic heterocycles. The first kappa shape index (κ1) is 24.3. The molecule has 8 heteroatoms. The first-order valence-corrected chi connectivity index (χ1v) is 11.5. The van der Waals surface area contributed by atoms with Gasteiger partial charge in [0.15, 0.2) is 16.3 Å². The fourth-order valence-electron chi connectivity index (χ4n) is 3.39. The minimum Gasteiger partial charge on any atom is -0.486 e. The maximum Gasteiger partial charge on any atom is 0.341 e. The average Bonchev–Trinajstić information content (AvgIpc) is 2.72. The van der Waals surface area contributed by atoms with E-state index in [1.165, 1.54) is 12.3 Å². The van der Waals surface area contributed by atoms with E-state index in [9.17, 15) is 14.7 Å². The van der Waals surface area contributed by atoms with E-state index in [-0.39, 0.29) is 22.2 Å². The highest BCUT2D eigenvalue weighted by molar-refractivity contribution is 14.1. The normalized spacial score (nSPS) is 12.4. The fraction of sp³-hybridized carbons (Fsp3) is 0.292. The molecular weight excluding hydrogens is 543 g/mol. The maximum absolute atomic E-state index is 11.9. The van der Waals surface area contributed by atoms with Crippen LogP contribution in [0.5, 0.6) is 5.75 Å². The predicted octanol–water partition coefficient (Wildman–Crippen LogP) is 5.61. The van der Waals surface area contributed by atoms with Crippen LogP contribution in [0.1, 0.15) is 48.3 Å². The zero-order valence-corrected chi connectivity index (χ0v) is 20.9. The Labute approximate surface area is 205 Å². The van der Waals surface area contributed by atoms with Crippen molar-refractivity contribution in [1.82, 2.24) is 9.55 Å². The Hall–Kier alpha value is -2.39. The number of carbonyl (C=O) groups is 1. The average molecular weight is 567 g/mol. The number of carboxylic acids is 1. The molecule has 3 aromatic rings. The highest BCUT2D eigenvalue weighted by atomic mass is 127. The number of benzene rings is 1. The lowest BCUT2D eigenvalue weighted by atomic mass is 9.83. The van der Waals surface area contributed by atoms with Crippen molar-refractivity contribution in [1.29, 1.82) is 0 Å². The van der Waals surface area contributed by atoms with Gasteiger partial charge >= 0.3 is 5.97 Å². The van der Waals surface area contributed by atoms with Crippen molar-refractivity contribution in [2.45, 2.75) is 39.8 Å². The van der Waals surface area contributed by atoms with Gasteiger partial charge in [-0.1, -0.05) is 62.7 Å². The summed E-state index contributed by atoms with van der Waals surface area (Å²) in [6, 6.07) is 12.8. The molecule has 1 atom stereocenters. The molecule has 0 bridgehead atoms. The van der Waals surface area contributed by atoms with Gasteiger partial charge in [0, 0.05) is 24.5 Å². The van der Waals surface area contributed by atoms with E-state index >= 15 is 0 Å². The number of rotatable bonds is 7. The molecule has 1 aromatic carbocycles. The lowest BCUT2D eigenvalue weighted by Gasteiger charge is -2.33. The van der Waals surface area contributed by atoms with Crippen LogP contribution in [-0.2, 0) is 13.0 Å². The van der Waals surface area contributed by atoms with Crippen molar-refractivity contribution in [3.8, 4) is 5.75 Å². The molecule has 6 nitrogen and oxygen atoms in total. The van der Waals surface area contributed by atoms with Crippen molar-refractivity contribution in [2.75, 3.05) is 0 Å². The van der Waals surface area contributed by atoms with Gasteiger partial charge < -0.3 is 14.4 Å². The second kappa shape index (κ2) is 10.0. The van der Waals surface area contributed by atoms with Gasteiger partial charge in [-0.15, -0.1) is 0 Å². The molecule has 0 fully saturated rings. The molecule has 0 saturated heterocycles. The molecule has 0 spiro atoms. The molecule has 0 unspecified atom stereocenters. The molecule has 32 heavy (non-hydrogen) atoms. The van der Waals surface area contributed by atoms with Gasteiger partial charge in [-0.25, -0.2) is 9.78 Å². The number of pyridine rings is 2. The van der Waals surface area contributed by atoms with Gasteiger partial charge in [0.25, 0.3) is 0 Å². The first-order valence-electron chi connectivity index (χ1n) is 10.0. The Kier molecular flexibility index (Phi) is 7.61. The smallest absolute Gasteiger partial charge is 0.341 e. The van der Waals surface area contributed by atoms with Crippen LogP contribution >= 0.6 is 34.2 Å². The Bertz CT molecular complexity index is 1170. The van der Waals surface area contributed by atoms with Crippen molar-refractivity contribution >= 4 is 40.2 Å². The van der Waals surface area contributed by atoms with E-state index in [0.29, 0.717) is 18.8 Å². The van der Waals surface area contributed by atoms with E-state index in [1.54, 1.807) is 10.8 Å². The number of ether oxygens (including phenoxy) is 1. The molecule has 0 aliphatic rings. The monoisotopic (exact) mass is 566 g/mol. The summed E-state index contributed by atoms with van der Waals surface area (Å²) in [4.78, 5) is 27.9. The fourth-order valence-corrected chi connectivity index (χ4v) is 4.34. The van der Waals surface area contributed by atoms with E-state index in [1.807, 2.05) is 36.4 Å². The van der Waals surface area contributed by atoms with Crippen molar-refractivity contribution in [3.05, 3.63) is 90.6 Å². The SMILES string of the molecule is CC(C)(C)[C@H](Cc1cc(OCc2ccccc2)c(Cl)nc1I)n1ccc(=O)c(C(=O)O)c1. The molecule has 2 heterocycles. The molecule has 0 saturated carbocycles. The zero-order valence-electron chi connectivity index (χ0n) is 18.0. The molecule has 2 aromatic heterocycles. The van der Waals surface area contributed by atoms with E-state index in [2.05, 4.69) is 48.3 Å². The lowest BCUT2D eigenvalue weighted by molar-refractivity contribution is 0.0693. The minimum atomic E-state index is -1.24. The second-order valence-corrected chi connectivity index (χ2v) is 9.94. The van der Waals surface area contributed by atoms with Crippen LogP contribution in [0.4, 0.5) is 0 Å². The van der Waals surface area contributed by atoms with Gasteiger partial charge in [0.1, 0.15) is 15.9 Å². The number of carboxylic acid groups (broad SMARTS) is 1. The van der Waals surface area contributed by atoms with E-state index < -0.39 is 11.4 Å². The maximum atomic E-state index is 11.9. The topological polar surface area (TPSA) is 81.4 Å². The third kappa shape index (κ3) is 5.89. The third-order valence-corrected chi connectivity index (χ3v) is 6.36. The Morgan fingerprint density at radius 3 is 2.56 bits per heavy atom. The third-order valence-electron chi connectivity index (χ3n) is 5.15. The Morgan fingerprint density at radius 2 is 1.94 bits per heavy atom. The summed E-state index contributed by atoms with van der Waals surface area (Å²) in [5.74, 6) is -0.749. The van der Waals surface area contributed by atoms with Gasteiger partial charge in [0.05, 0.1) is 0 Å². The van der Waals surface area contributed by atoms with Crippen LogP contribution < -0.4 is 10.2 Å². The summed E-state index contributed by atoms with van der Waals surface area (Å²) >= 11 is 8.48. The highest BCUT2D eigenvalue weighted by Crippen LogP contribution is 2.36. The summed E-state index contributed by atoms with van der Waals surface area (Å²) in [6.07, 6.45) is 3.59. The van der Waals surface area contributed by atoms with Gasteiger partial charge in [-0.05, 0) is 51.6 Å². The van der Waals surface area contributed by atoms with Gasteiger partial charge in [-0.2, -0.15) is 0 Å². The summed E-state index contributed by atoms with van der Waals surface area (Å²) in [5, 5.41) is 9.66. The van der Waals surface area contributed by atoms with Crippen LogP contribution in [0.3, 0.4) is 0 Å². The number of aromatic nitrogens is 2.